The van der Waals surface area contributed by atoms with Gasteiger partial charge in [-0.1, -0.05) is 12.1 Å². The van der Waals surface area contributed by atoms with Crippen LogP contribution in [0.5, 0.6) is 0 Å². The van der Waals surface area contributed by atoms with E-state index in [4.69, 9.17) is 0 Å². The molecule has 1 aromatic carbocycles. The molecule has 0 aromatic heterocycles. The summed E-state index contributed by atoms with van der Waals surface area (Å²) in [4.78, 5) is 11.3. The van der Waals surface area contributed by atoms with Gasteiger partial charge in [0.1, 0.15) is 0 Å². The molecule has 0 aliphatic heterocycles. The largest absolute Gasteiger partial charge is 0.376 e. The van der Waals surface area contributed by atoms with E-state index in [9.17, 15) is 4.79 Å². The second kappa shape index (κ2) is 5.39. The van der Waals surface area contributed by atoms with Crippen LogP contribution in [0, 0.1) is 6.92 Å². The Kier molecular flexibility index (Phi) is 4.16. The molecular formula is C12H18N2O. The highest BCUT2D eigenvalue weighted by Gasteiger charge is 2.02. The first-order valence-corrected chi connectivity index (χ1v) is 5.18. The van der Waals surface area contributed by atoms with Gasteiger partial charge < -0.3 is 10.6 Å². The number of amides is 1. The van der Waals surface area contributed by atoms with E-state index in [1.54, 1.807) is 0 Å². The molecule has 2 N–H and O–H groups in total. The van der Waals surface area contributed by atoms with Crippen molar-refractivity contribution in [3.05, 3.63) is 29.8 Å². The van der Waals surface area contributed by atoms with Crippen molar-refractivity contribution in [3.63, 3.8) is 0 Å². The van der Waals surface area contributed by atoms with Gasteiger partial charge >= 0.3 is 0 Å². The summed E-state index contributed by atoms with van der Waals surface area (Å²) in [6.45, 7) is 6.25. The molecule has 0 spiro atoms. The molecule has 15 heavy (non-hydrogen) atoms. The van der Waals surface area contributed by atoms with Crippen molar-refractivity contribution in [2.24, 2.45) is 0 Å². The van der Waals surface area contributed by atoms with E-state index in [1.807, 2.05) is 45.0 Å². The highest BCUT2D eigenvalue weighted by Crippen LogP contribution is 2.08. The summed E-state index contributed by atoms with van der Waals surface area (Å²) in [5, 5.41) is 5.90. The molecule has 0 radical (unpaired) electrons. The van der Waals surface area contributed by atoms with Gasteiger partial charge in [-0.3, -0.25) is 4.79 Å². The van der Waals surface area contributed by atoms with Crippen molar-refractivity contribution < 1.29 is 4.79 Å². The van der Waals surface area contributed by atoms with E-state index in [0.29, 0.717) is 6.54 Å². The second-order valence-corrected chi connectivity index (χ2v) is 3.95. The number of hydrogen-bond acceptors (Lipinski definition) is 2. The number of carbonyl (C=O) groups excluding carboxylic acids is 1. The van der Waals surface area contributed by atoms with Crippen LogP contribution in [0.2, 0.25) is 0 Å². The van der Waals surface area contributed by atoms with Gasteiger partial charge in [-0.2, -0.15) is 0 Å². The SMILES string of the molecule is Cc1cccc(NCC(=O)NC(C)C)c1. The first-order valence-electron chi connectivity index (χ1n) is 5.18. The van der Waals surface area contributed by atoms with Crippen molar-refractivity contribution in [2.45, 2.75) is 26.8 Å². The minimum Gasteiger partial charge on any atom is -0.376 e. The summed E-state index contributed by atoms with van der Waals surface area (Å²) in [5.41, 5.74) is 2.16. The van der Waals surface area contributed by atoms with Crippen LogP contribution in [-0.2, 0) is 4.79 Å². The molecule has 82 valence electrons. The van der Waals surface area contributed by atoms with E-state index in [-0.39, 0.29) is 11.9 Å². The quantitative estimate of drug-likeness (QED) is 0.790. The normalized spacial score (nSPS) is 10.1. The lowest BCUT2D eigenvalue weighted by atomic mass is 10.2. The first kappa shape index (κ1) is 11.6. The van der Waals surface area contributed by atoms with Crippen LogP contribution < -0.4 is 10.6 Å². The fourth-order valence-electron chi connectivity index (χ4n) is 1.31. The van der Waals surface area contributed by atoms with Gasteiger partial charge in [-0.15, -0.1) is 0 Å². The topological polar surface area (TPSA) is 41.1 Å². The standard InChI is InChI=1S/C12H18N2O/c1-9(2)14-12(15)8-13-11-6-4-5-10(3)7-11/h4-7,9,13H,8H2,1-3H3,(H,14,15). The molecular weight excluding hydrogens is 188 g/mol. The molecule has 0 saturated carbocycles. The smallest absolute Gasteiger partial charge is 0.239 e. The second-order valence-electron chi connectivity index (χ2n) is 3.95. The highest BCUT2D eigenvalue weighted by molar-refractivity contribution is 5.80. The molecule has 3 nitrogen and oxygen atoms in total. The van der Waals surface area contributed by atoms with Gasteiger partial charge in [-0.25, -0.2) is 0 Å². The number of aryl methyl sites for hydroxylation is 1. The number of hydrogen-bond donors (Lipinski definition) is 2. The molecule has 0 aliphatic carbocycles. The average molecular weight is 206 g/mol. The maximum Gasteiger partial charge on any atom is 0.239 e. The molecule has 0 heterocycles. The van der Waals surface area contributed by atoms with E-state index in [0.717, 1.165) is 5.69 Å². The Hall–Kier alpha value is -1.51. The number of carbonyl (C=O) groups is 1. The number of nitrogens with one attached hydrogen (secondary N) is 2. The summed E-state index contributed by atoms with van der Waals surface area (Å²) in [6, 6.07) is 8.16. The number of rotatable bonds is 4. The number of anilines is 1. The minimum absolute atomic E-state index is 0.0199. The lowest BCUT2D eigenvalue weighted by molar-refractivity contribution is -0.119. The lowest BCUT2D eigenvalue weighted by Crippen LogP contribution is -2.34. The van der Waals surface area contributed by atoms with Gasteiger partial charge in [0.05, 0.1) is 6.54 Å². The predicted octanol–water partition coefficient (Wildman–Crippen LogP) is 1.93. The third-order valence-electron chi connectivity index (χ3n) is 1.92. The summed E-state index contributed by atoms with van der Waals surface area (Å²) in [6.07, 6.45) is 0. The fraction of sp³-hybridized carbons (Fsp3) is 0.417. The Morgan fingerprint density at radius 2 is 2.13 bits per heavy atom. The first-order chi connectivity index (χ1) is 7.08. The zero-order chi connectivity index (χ0) is 11.3. The number of benzene rings is 1. The van der Waals surface area contributed by atoms with Crippen LogP contribution in [0.1, 0.15) is 19.4 Å². The van der Waals surface area contributed by atoms with Gasteiger partial charge in [0.15, 0.2) is 0 Å². The van der Waals surface area contributed by atoms with Crippen LogP contribution >= 0.6 is 0 Å². The minimum atomic E-state index is 0.0199. The maximum atomic E-state index is 11.3. The third-order valence-corrected chi connectivity index (χ3v) is 1.92. The van der Waals surface area contributed by atoms with Gasteiger partial charge in [-0.05, 0) is 38.5 Å². The van der Waals surface area contributed by atoms with Crippen LogP contribution in [0.4, 0.5) is 5.69 Å². The van der Waals surface area contributed by atoms with Gasteiger partial charge in [0.25, 0.3) is 0 Å². The van der Waals surface area contributed by atoms with Gasteiger partial charge in [0, 0.05) is 11.7 Å². The van der Waals surface area contributed by atoms with Crippen LogP contribution in [0.3, 0.4) is 0 Å². The Labute approximate surface area is 90.9 Å². The summed E-state index contributed by atoms with van der Waals surface area (Å²) in [7, 11) is 0. The van der Waals surface area contributed by atoms with Crippen LogP contribution in [0.25, 0.3) is 0 Å². The predicted molar refractivity (Wildman–Crippen MR) is 62.9 cm³/mol. The molecule has 1 rings (SSSR count). The summed E-state index contributed by atoms with van der Waals surface area (Å²) < 4.78 is 0. The average Bonchev–Trinajstić information content (AvgIpc) is 2.14. The van der Waals surface area contributed by atoms with Crippen molar-refractivity contribution in [1.29, 1.82) is 0 Å². The Morgan fingerprint density at radius 1 is 1.40 bits per heavy atom. The Morgan fingerprint density at radius 3 is 2.73 bits per heavy atom. The molecule has 0 unspecified atom stereocenters. The lowest BCUT2D eigenvalue weighted by Gasteiger charge is -2.10. The summed E-state index contributed by atoms with van der Waals surface area (Å²) in [5.74, 6) is 0.0199. The molecule has 0 saturated heterocycles. The molecule has 3 heteroatoms. The highest BCUT2D eigenvalue weighted by atomic mass is 16.1. The molecule has 1 aromatic rings. The van der Waals surface area contributed by atoms with Crippen molar-refractivity contribution in [1.82, 2.24) is 5.32 Å². The van der Waals surface area contributed by atoms with Crippen molar-refractivity contribution in [2.75, 3.05) is 11.9 Å². The molecule has 0 aliphatic rings. The van der Waals surface area contributed by atoms with E-state index >= 15 is 0 Å². The molecule has 1 amide bonds. The van der Waals surface area contributed by atoms with Gasteiger partial charge in [0.2, 0.25) is 5.91 Å². The zero-order valence-electron chi connectivity index (χ0n) is 9.50. The molecule has 0 atom stereocenters. The van der Waals surface area contributed by atoms with Crippen LogP contribution in [-0.4, -0.2) is 18.5 Å². The monoisotopic (exact) mass is 206 g/mol. The molecule has 0 bridgehead atoms. The zero-order valence-corrected chi connectivity index (χ0v) is 9.50. The van der Waals surface area contributed by atoms with E-state index < -0.39 is 0 Å². The van der Waals surface area contributed by atoms with E-state index in [1.165, 1.54) is 5.56 Å². The fourth-order valence-corrected chi connectivity index (χ4v) is 1.31. The molecule has 0 fully saturated rings. The Balaban J connectivity index is 2.40. The third kappa shape index (κ3) is 4.49. The Bertz CT molecular complexity index is 334. The van der Waals surface area contributed by atoms with E-state index in [2.05, 4.69) is 10.6 Å². The van der Waals surface area contributed by atoms with Crippen molar-refractivity contribution in [3.8, 4) is 0 Å². The van der Waals surface area contributed by atoms with Crippen molar-refractivity contribution >= 4 is 11.6 Å². The van der Waals surface area contributed by atoms with Crippen LogP contribution in [0.15, 0.2) is 24.3 Å². The summed E-state index contributed by atoms with van der Waals surface area (Å²) >= 11 is 0. The maximum absolute atomic E-state index is 11.3.